The first kappa shape index (κ1) is 27.5. The molecule has 9 heteroatoms. The fraction of sp³-hybridized carbons (Fsp3) is 0.333. The Kier molecular flexibility index (Phi) is 7.65. The van der Waals surface area contributed by atoms with Gasteiger partial charge in [-0.2, -0.15) is 0 Å². The van der Waals surface area contributed by atoms with Gasteiger partial charge in [-0.1, -0.05) is 78.9 Å². The van der Waals surface area contributed by atoms with Gasteiger partial charge < -0.3 is 24.8 Å². The van der Waals surface area contributed by atoms with Crippen LogP contribution in [0, 0.1) is 17.8 Å². The van der Waals surface area contributed by atoms with Crippen molar-refractivity contribution in [3.63, 3.8) is 0 Å². The summed E-state index contributed by atoms with van der Waals surface area (Å²) in [5.41, 5.74) is 5.11. The van der Waals surface area contributed by atoms with Crippen molar-refractivity contribution in [1.82, 2.24) is 10.2 Å². The number of benzene rings is 3. The standard InChI is InChI=1S/C33H32N2O7/c36-29(41-18-20-8-2-1-3-9-20)16-28(31(37)35-15-14-25-26(17-35)30(25)32(38)39)34-33(40)42-19-27-23-12-6-4-10-21(23)22-11-5-7-13-24(22)27/h1-13,25-28,30H,14-19H2,(H,34,40)(H,38,39)/t25-,26+,28+,30?/m1/s1. The van der Waals surface area contributed by atoms with Gasteiger partial charge in [0.05, 0.1) is 12.3 Å². The van der Waals surface area contributed by atoms with Gasteiger partial charge in [0.25, 0.3) is 0 Å². The van der Waals surface area contributed by atoms with Crippen LogP contribution in [0.5, 0.6) is 0 Å². The number of carboxylic acids is 1. The molecule has 0 aromatic heterocycles. The molecule has 1 aliphatic heterocycles. The third-order valence-electron chi connectivity index (χ3n) is 8.64. The first-order valence-electron chi connectivity index (χ1n) is 14.2. The highest BCUT2D eigenvalue weighted by Gasteiger charge is 2.57. The third-order valence-corrected chi connectivity index (χ3v) is 8.64. The molecule has 4 atom stereocenters. The van der Waals surface area contributed by atoms with Crippen LogP contribution < -0.4 is 5.32 Å². The molecular weight excluding hydrogens is 536 g/mol. The van der Waals surface area contributed by atoms with Gasteiger partial charge in [0.2, 0.25) is 5.91 Å². The van der Waals surface area contributed by atoms with E-state index in [0.29, 0.717) is 13.0 Å². The van der Waals surface area contributed by atoms with Crippen molar-refractivity contribution < 1.29 is 33.8 Å². The summed E-state index contributed by atoms with van der Waals surface area (Å²) >= 11 is 0. The van der Waals surface area contributed by atoms with Gasteiger partial charge in [-0.15, -0.1) is 0 Å². The third kappa shape index (κ3) is 5.59. The highest BCUT2D eigenvalue weighted by atomic mass is 16.5. The predicted molar refractivity (Wildman–Crippen MR) is 152 cm³/mol. The predicted octanol–water partition coefficient (Wildman–Crippen LogP) is 4.21. The molecule has 9 nitrogen and oxygen atoms in total. The molecule has 3 aromatic carbocycles. The molecule has 1 saturated carbocycles. The van der Waals surface area contributed by atoms with E-state index < -0.39 is 35.9 Å². The molecule has 0 spiro atoms. The number of aliphatic carboxylic acids is 1. The smallest absolute Gasteiger partial charge is 0.407 e. The number of carboxylic acid groups (broad SMARTS) is 1. The van der Waals surface area contributed by atoms with Crippen LogP contribution in [0.4, 0.5) is 4.79 Å². The van der Waals surface area contributed by atoms with E-state index in [0.717, 1.165) is 27.8 Å². The van der Waals surface area contributed by atoms with Crippen LogP contribution in [0.25, 0.3) is 11.1 Å². The minimum absolute atomic E-state index is 0.0410. The van der Waals surface area contributed by atoms with E-state index in [2.05, 4.69) is 5.32 Å². The first-order chi connectivity index (χ1) is 20.4. The molecule has 42 heavy (non-hydrogen) atoms. The maximum atomic E-state index is 13.6. The lowest BCUT2D eigenvalue weighted by Crippen LogP contribution is -2.51. The fourth-order valence-corrected chi connectivity index (χ4v) is 6.47. The van der Waals surface area contributed by atoms with Gasteiger partial charge in [-0.25, -0.2) is 4.79 Å². The Labute approximate surface area is 243 Å². The Morgan fingerprint density at radius 1 is 0.857 bits per heavy atom. The van der Waals surface area contributed by atoms with Crippen LogP contribution in [-0.4, -0.2) is 59.7 Å². The molecule has 2 N–H and O–H groups in total. The Hall–Kier alpha value is -4.66. The van der Waals surface area contributed by atoms with E-state index in [1.165, 1.54) is 0 Å². The van der Waals surface area contributed by atoms with E-state index in [9.17, 15) is 24.3 Å². The molecule has 216 valence electrons. The highest BCUT2D eigenvalue weighted by Crippen LogP contribution is 2.51. The zero-order valence-corrected chi connectivity index (χ0v) is 23.0. The Bertz CT molecular complexity index is 1460. The van der Waals surface area contributed by atoms with Gasteiger partial charge in [-0.05, 0) is 46.1 Å². The van der Waals surface area contributed by atoms with E-state index in [-0.39, 0.29) is 43.9 Å². The van der Waals surface area contributed by atoms with E-state index in [1.807, 2.05) is 78.9 Å². The second-order valence-electron chi connectivity index (χ2n) is 11.1. The molecule has 0 bridgehead atoms. The summed E-state index contributed by atoms with van der Waals surface area (Å²) in [6, 6.07) is 23.9. The number of hydrogen-bond acceptors (Lipinski definition) is 6. The van der Waals surface area contributed by atoms with Crippen LogP contribution in [0.2, 0.25) is 0 Å². The molecule has 1 heterocycles. The van der Waals surface area contributed by atoms with Gasteiger partial charge in [-0.3, -0.25) is 14.4 Å². The molecule has 6 rings (SSSR count). The summed E-state index contributed by atoms with van der Waals surface area (Å²) in [7, 11) is 0. The molecular formula is C33H32N2O7. The lowest BCUT2D eigenvalue weighted by Gasteiger charge is -2.30. The highest BCUT2D eigenvalue weighted by molar-refractivity contribution is 5.90. The first-order valence-corrected chi connectivity index (χ1v) is 14.2. The van der Waals surface area contributed by atoms with Crippen molar-refractivity contribution in [3.8, 4) is 11.1 Å². The lowest BCUT2D eigenvalue weighted by molar-refractivity contribution is -0.148. The maximum absolute atomic E-state index is 13.6. The zero-order valence-electron chi connectivity index (χ0n) is 23.0. The van der Waals surface area contributed by atoms with E-state index in [4.69, 9.17) is 9.47 Å². The average molecular weight is 569 g/mol. The Morgan fingerprint density at radius 3 is 2.17 bits per heavy atom. The van der Waals surface area contributed by atoms with Gasteiger partial charge in [0.1, 0.15) is 19.3 Å². The zero-order chi connectivity index (χ0) is 29.2. The maximum Gasteiger partial charge on any atom is 0.407 e. The number of likely N-dealkylation sites (tertiary alicyclic amines) is 1. The minimum atomic E-state index is -1.21. The fourth-order valence-electron chi connectivity index (χ4n) is 6.47. The lowest BCUT2D eigenvalue weighted by atomic mass is 9.98. The number of carbonyl (C=O) groups is 4. The van der Waals surface area contributed by atoms with Crippen molar-refractivity contribution >= 4 is 23.9 Å². The average Bonchev–Trinajstić information content (AvgIpc) is 3.66. The van der Waals surface area contributed by atoms with E-state index in [1.54, 1.807) is 4.90 Å². The monoisotopic (exact) mass is 568 g/mol. The van der Waals surface area contributed by atoms with Crippen molar-refractivity contribution in [2.24, 2.45) is 17.8 Å². The molecule has 0 radical (unpaired) electrons. The molecule has 3 aromatic rings. The summed E-state index contributed by atoms with van der Waals surface area (Å²) in [5.74, 6) is -2.59. The summed E-state index contributed by atoms with van der Waals surface area (Å²) in [6.07, 6.45) is -0.609. The molecule has 1 unspecified atom stereocenters. The van der Waals surface area contributed by atoms with E-state index >= 15 is 0 Å². The summed E-state index contributed by atoms with van der Waals surface area (Å²) in [5, 5.41) is 12.1. The second-order valence-corrected chi connectivity index (χ2v) is 11.1. The van der Waals surface area contributed by atoms with Crippen LogP contribution in [-0.2, 0) is 30.5 Å². The van der Waals surface area contributed by atoms with Crippen LogP contribution >= 0.6 is 0 Å². The second kappa shape index (κ2) is 11.7. The number of alkyl carbamates (subject to hydrolysis) is 1. The number of esters is 1. The number of piperidine rings is 1. The quantitative estimate of drug-likeness (QED) is 0.371. The van der Waals surface area contributed by atoms with Crippen molar-refractivity contribution in [3.05, 3.63) is 95.6 Å². The number of carbonyl (C=O) groups excluding carboxylic acids is 3. The minimum Gasteiger partial charge on any atom is -0.481 e. The molecule has 1 saturated heterocycles. The van der Waals surface area contributed by atoms with Crippen LogP contribution in [0.3, 0.4) is 0 Å². The van der Waals surface area contributed by atoms with Crippen molar-refractivity contribution in [2.75, 3.05) is 19.7 Å². The van der Waals surface area contributed by atoms with Gasteiger partial charge in [0.15, 0.2) is 0 Å². The Morgan fingerprint density at radius 2 is 1.50 bits per heavy atom. The normalized spacial score (nSPS) is 20.9. The van der Waals surface area contributed by atoms with Crippen LogP contribution in [0.15, 0.2) is 78.9 Å². The van der Waals surface area contributed by atoms with Gasteiger partial charge >= 0.3 is 18.0 Å². The molecule has 2 aliphatic carbocycles. The summed E-state index contributed by atoms with van der Waals surface area (Å²) < 4.78 is 11.0. The molecule has 3 aliphatic rings. The number of amides is 2. The number of nitrogens with zero attached hydrogens (tertiary/aromatic N) is 1. The van der Waals surface area contributed by atoms with Gasteiger partial charge in [0, 0.05) is 19.0 Å². The number of hydrogen-bond donors (Lipinski definition) is 2. The molecule has 2 fully saturated rings. The number of nitrogens with one attached hydrogen (secondary N) is 1. The molecule has 2 amide bonds. The summed E-state index contributed by atoms with van der Waals surface area (Å²) in [4.78, 5) is 52.5. The topological polar surface area (TPSA) is 122 Å². The number of fused-ring (bicyclic) bond motifs is 4. The number of rotatable bonds is 9. The number of ether oxygens (including phenoxy) is 2. The van der Waals surface area contributed by atoms with Crippen molar-refractivity contribution in [2.45, 2.75) is 31.4 Å². The SMILES string of the molecule is O=C(C[C@H](NC(=O)OCC1c2ccccc2-c2ccccc21)C(=O)N1CC[C@H]2C(C(=O)O)[C@H]2C1)OCc1ccccc1. The largest absolute Gasteiger partial charge is 0.481 e. The van der Waals surface area contributed by atoms with Crippen LogP contribution in [0.1, 0.15) is 35.4 Å². The summed E-state index contributed by atoms with van der Waals surface area (Å²) in [6.45, 7) is 0.750. The van der Waals surface area contributed by atoms with Crippen molar-refractivity contribution in [1.29, 1.82) is 0 Å². The Balaban J connectivity index is 1.12.